The number of nitrogens with zero attached hydrogens (tertiary/aromatic N) is 5. The molecule has 4 rings (SSSR count). The minimum Gasteiger partial charge on any atom is -0.352 e. The zero-order valence-electron chi connectivity index (χ0n) is 16.7. The maximum Gasteiger partial charge on any atom is 0.268 e. The molecule has 0 saturated carbocycles. The van der Waals surface area contributed by atoms with Crippen LogP contribution < -0.4 is 10.9 Å². The van der Waals surface area contributed by atoms with Gasteiger partial charge in [0, 0.05) is 24.0 Å². The summed E-state index contributed by atoms with van der Waals surface area (Å²) in [6.45, 7) is 5.64. The second-order valence-corrected chi connectivity index (χ2v) is 7.95. The Labute approximate surface area is 175 Å². The van der Waals surface area contributed by atoms with Gasteiger partial charge in [0.1, 0.15) is 11.4 Å². The standard InChI is InChI=1S/C20H20N6O3S/c1-4-11(2)23-14(27)9-26-10-22-19-15(20(26)28)12(3)16(30-19)18-24-17(25-29-18)13-5-7-21-8-6-13/h5-8,10-11H,4,9H2,1-3H3,(H,23,27)/t11-/m1/s1. The Kier molecular flexibility index (Phi) is 5.40. The van der Waals surface area contributed by atoms with Gasteiger partial charge in [0.15, 0.2) is 0 Å². The van der Waals surface area contributed by atoms with E-state index in [1.54, 1.807) is 24.5 Å². The van der Waals surface area contributed by atoms with Gasteiger partial charge in [-0.2, -0.15) is 4.98 Å². The molecule has 4 aromatic rings. The van der Waals surface area contributed by atoms with Crippen LogP contribution in [0.25, 0.3) is 32.4 Å². The first-order chi connectivity index (χ1) is 14.5. The van der Waals surface area contributed by atoms with Crippen LogP contribution in [0, 0.1) is 6.92 Å². The predicted octanol–water partition coefficient (Wildman–Crippen LogP) is 2.79. The lowest BCUT2D eigenvalue weighted by molar-refractivity contribution is -0.122. The number of nitrogens with one attached hydrogen (secondary N) is 1. The normalized spacial score (nSPS) is 12.2. The van der Waals surface area contributed by atoms with Gasteiger partial charge < -0.3 is 9.84 Å². The lowest BCUT2D eigenvalue weighted by atomic mass is 10.2. The molecule has 10 heteroatoms. The third-order valence-electron chi connectivity index (χ3n) is 4.81. The molecule has 0 aromatic carbocycles. The van der Waals surface area contributed by atoms with Crippen molar-refractivity contribution in [3.8, 4) is 22.2 Å². The van der Waals surface area contributed by atoms with Crippen molar-refractivity contribution in [1.82, 2.24) is 30.0 Å². The maximum absolute atomic E-state index is 13.0. The van der Waals surface area contributed by atoms with Crippen LogP contribution in [0.1, 0.15) is 25.8 Å². The molecular weight excluding hydrogens is 404 g/mol. The third kappa shape index (κ3) is 3.73. The van der Waals surface area contributed by atoms with Crippen molar-refractivity contribution in [3.05, 3.63) is 46.8 Å². The molecule has 1 amide bonds. The summed E-state index contributed by atoms with van der Waals surface area (Å²) in [5, 5.41) is 7.34. The topological polar surface area (TPSA) is 116 Å². The summed E-state index contributed by atoms with van der Waals surface area (Å²) < 4.78 is 6.75. The monoisotopic (exact) mass is 424 g/mol. The number of aromatic nitrogens is 5. The molecule has 30 heavy (non-hydrogen) atoms. The Morgan fingerprint density at radius 3 is 2.83 bits per heavy atom. The minimum atomic E-state index is -0.270. The van der Waals surface area contributed by atoms with Crippen molar-refractivity contribution >= 4 is 27.5 Å². The quantitative estimate of drug-likeness (QED) is 0.506. The molecule has 4 heterocycles. The van der Waals surface area contributed by atoms with Crippen molar-refractivity contribution in [3.63, 3.8) is 0 Å². The van der Waals surface area contributed by atoms with Crippen LogP contribution in [-0.2, 0) is 11.3 Å². The van der Waals surface area contributed by atoms with Crippen molar-refractivity contribution < 1.29 is 9.32 Å². The highest BCUT2D eigenvalue weighted by molar-refractivity contribution is 7.22. The average Bonchev–Trinajstić information content (AvgIpc) is 3.36. The minimum absolute atomic E-state index is 0.0477. The zero-order valence-corrected chi connectivity index (χ0v) is 17.6. The van der Waals surface area contributed by atoms with Crippen LogP contribution in [0.15, 0.2) is 40.2 Å². The second-order valence-electron chi connectivity index (χ2n) is 6.95. The fourth-order valence-corrected chi connectivity index (χ4v) is 4.05. The molecule has 4 aromatic heterocycles. The largest absolute Gasteiger partial charge is 0.352 e. The molecule has 0 spiro atoms. The highest BCUT2D eigenvalue weighted by Crippen LogP contribution is 2.35. The first-order valence-corrected chi connectivity index (χ1v) is 10.3. The first-order valence-electron chi connectivity index (χ1n) is 9.50. The summed E-state index contributed by atoms with van der Waals surface area (Å²) in [5.74, 6) is 0.540. The van der Waals surface area contributed by atoms with Gasteiger partial charge in [-0.1, -0.05) is 12.1 Å². The van der Waals surface area contributed by atoms with Crippen molar-refractivity contribution in [1.29, 1.82) is 0 Å². The Balaban J connectivity index is 1.68. The number of hydrogen-bond donors (Lipinski definition) is 1. The molecule has 0 aliphatic rings. The molecule has 0 aliphatic carbocycles. The highest BCUT2D eigenvalue weighted by atomic mass is 32.1. The zero-order chi connectivity index (χ0) is 21.3. The summed E-state index contributed by atoms with van der Waals surface area (Å²) in [5.41, 5.74) is 1.22. The SMILES string of the molecule is CC[C@@H](C)NC(=O)Cn1cnc2sc(-c3nc(-c4ccncc4)no3)c(C)c2c1=O. The van der Waals surface area contributed by atoms with Crippen molar-refractivity contribution in [2.24, 2.45) is 0 Å². The third-order valence-corrected chi connectivity index (χ3v) is 6.00. The lowest BCUT2D eigenvalue weighted by Gasteiger charge is -2.12. The van der Waals surface area contributed by atoms with Crippen LogP contribution in [-0.4, -0.2) is 36.6 Å². The molecular formula is C20H20N6O3S. The van der Waals surface area contributed by atoms with Crippen LogP contribution in [0.3, 0.4) is 0 Å². The molecule has 154 valence electrons. The number of thiophene rings is 1. The Bertz CT molecular complexity index is 1260. The van der Waals surface area contributed by atoms with Crippen LogP contribution in [0.2, 0.25) is 0 Å². The van der Waals surface area contributed by atoms with Crippen molar-refractivity contribution in [2.45, 2.75) is 39.8 Å². The molecule has 0 bridgehead atoms. The highest BCUT2D eigenvalue weighted by Gasteiger charge is 2.21. The number of carbonyl (C=O) groups is 1. The van der Waals surface area contributed by atoms with E-state index in [-0.39, 0.29) is 24.1 Å². The summed E-state index contributed by atoms with van der Waals surface area (Å²) in [4.78, 5) is 39.2. The van der Waals surface area contributed by atoms with E-state index in [9.17, 15) is 9.59 Å². The number of pyridine rings is 1. The van der Waals surface area contributed by atoms with E-state index in [1.165, 1.54) is 22.2 Å². The second kappa shape index (κ2) is 8.15. The van der Waals surface area contributed by atoms with E-state index in [1.807, 2.05) is 20.8 Å². The molecule has 0 aliphatic heterocycles. The molecule has 0 saturated heterocycles. The van der Waals surface area contributed by atoms with Crippen LogP contribution in [0.4, 0.5) is 0 Å². The summed E-state index contributed by atoms with van der Waals surface area (Å²) in [6.07, 6.45) is 5.52. The number of amides is 1. The molecule has 0 radical (unpaired) electrons. The van der Waals surface area contributed by atoms with Gasteiger partial charge in [-0.15, -0.1) is 11.3 Å². The van der Waals surface area contributed by atoms with Crippen molar-refractivity contribution in [2.75, 3.05) is 0 Å². The molecule has 0 fully saturated rings. The van der Waals surface area contributed by atoms with Gasteiger partial charge in [-0.3, -0.25) is 19.1 Å². The van der Waals surface area contributed by atoms with E-state index in [4.69, 9.17) is 4.52 Å². The van der Waals surface area contributed by atoms with Crippen LogP contribution in [0.5, 0.6) is 0 Å². The van der Waals surface area contributed by atoms with Crippen LogP contribution >= 0.6 is 11.3 Å². The maximum atomic E-state index is 13.0. The Morgan fingerprint density at radius 1 is 1.33 bits per heavy atom. The van der Waals surface area contributed by atoms with E-state index < -0.39 is 0 Å². The fraction of sp³-hybridized carbons (Fsp3) is 0.300. The van der Waals surface area contributed by atoms with E-state index in [2.05, 4.69) is 25.4 Å². The smallest absolute Gasteiger partial charge is 0.268 e. The number of aryl methyl sites for hydroxylation is 1. The van der Waals surface area contributed by atoms with Gasteiger partial charge in [0.25, 0.3) is 11.4 Å². The molecule has 1 N–H and O–H groups in total. The summed E-state index contributed by atoms with van der Waals surface area (Å²) in [6, 6.07) is 3.63. The van der Waals surface area contributed by atoms with Gasteiger partial charge in [0.05, 0.1) is 16.6 Å². The first kappa shape index (κ1) is 19.9. The van der Waals surface area contributed by atoms with E-state index in [0.29, 0.717) is 32.4 Å². The molecule has 1 atom stereocenters. The number of fused-ring (bicyclic) bond motifs is 1. The number of hydrogen-bond acceptors (Lipinski definition) is 8. The number of carbonyl (C=O) groups excluding carboxylic acids is 1. The predicted molar refractivity (Wildman–Crippen MR) is 113 cm³/mol. The number of rotatable bonds is 6. The van der Waals surface area contributed by atoms with Gasteiger partial charge in [-0.25, -0.2) is 4.98 Å². The molecule has 0 unspecified atom stereocenters. The molecule has 9 nitrogen and oxygen atoms in total. The average molecular weight is 424 g/mol. The summed E-state index contributed by atoms with van der Waals surface area (Å²) in [7, 11) is 0. The van der Waals surface area contributed by atoms with Gasteiger partial charge in [0.2, 0.25) is 11.7 Å². The Hall–Kier alpha value is -3.40. The van der Waals surface area contributed by atoms with Gasteiger partial charge >= 0.3 is 0 Å². The van der Waals surface area contributed by atoms with Gasteiger partial charge in [-0.05, 0) is 38.0 Å². The Morgan fingerprint density at radius 2 is 2.10 bits per heavy atom. The van der Waals surface area contributed by atoms with E-state index >= 15 is 0 Å². The lowest BCUT2D eigenvalue weighted by Crippen LogP contribution is -2.37. The van der Waals surface area contributed by atoms with E-state index in [0.717, 1.165) is 12.0 Å². The summed E-state index contributed by atoms with van der Waals surface area (Å²) >= 11 is 1.31. The fourth-order valence-electron chi connectivity index (χ4n) is 2.99.